The highest BCUT2D eigenvalue weighted by atomic mass is 16.3. The summed E-state index contributed by atoms with van der Waals surface area (Å²) in [6.45, 7) is 3.91. The Hall–Kier alpha value is -2.49. The zero-order valence-electron chi connectivity index (χ0n) is 12.5. The SMILES string of the molecule is CNC(=O)c1cccc(NC(C)c2ccc(C)cc2O)c1. The molecular weight excluding hydrogens is 264 g/mol. The molecule has 0 aliphatic carbocycles. The van der Waals surface area contributed by atoms with Crippen LogP contribution < -0.4 is 10.6 Å². The summed E-state index contributed by atoms with van der Waals surface area (Å²) in [6, 6.07) is 12.8. The number of rotatable bonds is 4. The number of benzene rings is 2. The first-order valence-electron chi connectivity index (χ1n) is 6.89. The molecule has 0 saturated carbocycles. The monoisotopic (exact) mass is 284 g/mol. The minimum atomic E-state index is -0.121. The molecule has 110 valence electrons. The molecule has 4 heteroatoms. The lowest BCUT2D eigenvalue weighted by atomic mass is 10.0. The maximum absolute atomic E-state index is 11.6. The van der Waals surface area contributed by atoms with Gasteiger partial charge < -0.3 is 15.7 Å². The van der Waals surface area contributed by atoms with Crippen molar-refractivity contribution in [3.8, 4) is 5.75 Å². The molecule has 21 heavy (non-hydrogen) atoms. The number of carbonyl (C=O) groups excluding carboxylic acids is 1. The fourth-order valence-electron chi connectivity index (χ4n) is 2.24. The van der Waals surface area contributed by atoms with Crippen LogP contribution in [-0.2, 0) is 0 Å². The van der Waals surface area contributed by atoms with Crippen LogP contribution in [0.2, 0.25) is 0 Å². The molecule has 4 nitrogen and oxygen atoms in total. The van der Waals surface area contributed by atoms with Crippen molar-refractivity contribution in [1.82, 2.24) is 5.32 Å². The van der Waals surface area contributed by atoms with Crippen LogP contribution in [0.4, 0.5) is 5.69 Å². The largest absolute Gasteiger partial charge is 0.508 e. The molecule has 0 spiro atoms. The van der Waals surface area contributed by atoms with Crippen molar-refractivity contribution in [3.63, 3.8) is 0 Å². The van der Waals surface area contributed by atoms with Crippen LogP contribution in [0, 0.1) is 6.92 Å². The molecule has 3 N–H and O–H groups in total. The molecule has 1 amide bonds. The Kier molecular flexibility index (Phi) is 4.48. The Labute approximate surface area is 124 Å². The molecule has 0 aromatic heterocycles. The molecule has 2 rings (SSSR count). The summed E-state index contributed by atoms with van der Waals surface area (Å²) in [5.41, 5.74) is 3.28. The highest BCUT2D eigenvalue weighted by Crippen LogP contribution is 2.28. The molecule has 0 aliphatic heterocycles. The highest BCUT2D eigenvalue weighted by Gasteiger charge is 2.11. The number of hydrogen-bond acceptors (Lipinski definition) is 3. The number of aryl methyl sites for hydroxylation is 1. The summed E-state index contributed by atoms with van der Waals surface area (Å²) in [4.78, 5) is 11.6. The van der Waals surface area contributed by atoms with E-state index in [0.717, 1.165) is 16.8 Å². The van der Waals surface area contributed by atoms with Crippen LogP contribution in [0.3, 0.4) is 0 Å². The van der Waals surface area contributed by atoms with Crippen LogP contribution >= 0.6 is 0 Å². The average Bonchev–Trinajstić information content (AvgIpc) is 2.46. The van der Waals surface area contributed by atoms with Gasteiger partial charge in [-0.2, -0.15) is 0 Å². The predicted octanol–water partition coefficient (Wildman–Crippen LogP) is 3.23. The number of phenolic OH excluding ortho intramolecular Hbond substituents is 1. The minimum absolute atomic E-state index is 0.0643. The summed E-state index contributed by atoms with van der Waals surface area (Å²) in [7, 11) is 1.61. The second-order valence-electron chi connectivity index (χ2n) is 5.09. The van der Waals surface area contributed by atoms with Crippen LogP contribution in [0.1, 0.15) is 34.5 Å². The highest BCUT2D eigenvalue weighted by molar-refractivity contribution is 5.94. The summed E-state index contributed by atoms with van der Waals surface area (Å²) < 4.78 is 0. The molecule has 1 atom stereocenters. The lowest BCUT2D eigenvalue weighted by Crippen LogP contribution is -2.18. The number of amides is 1. The fraction of sp³-hybridized carbons (Fsp3) is 0.235. The maximum Gasteiger partial charge on any atom is 0.251 e. The van der Waals surface area contributed by atoms with Gasteiger partial charge in [-0.15, -0.1) is 0 Å². The van der Waals surface area contributed by atoms with E-state index >= 15 is 0 Å². The smallest absolute Gasteiger partial charge is 0.251 e. The Bertz CT molecular complexity index is 653. The number of aromatic hydroxyl groups is 1. The third-order valence-electron chi connectivity index (χ3n) is 3.39. The van der Waals surface area contributed by atoms with Gasteiger partial charge in [0.1, 0.15) is 5.75 Å². The van der Waals surface area contributed by atoms with E-state index in [4.69, 9.17) is 0 Å². The molecular formula is C17H20N2O2. The zero-order valence-corrected chi connectivity index (χ0v) is 12.5. The van der Waals surface area contributed by atoms with Gasteiger partial charge >= 0.3 is 0 Å². The van der Waals surface area contributed by atoms with Crippen LogP contribution in [0.5, 0.6) is 5.75 Å². The van der Waals surface area contributed by atoms with Gasteiger partial charge in [-0.3, -0.25) is 4.79 Å². The topological polar surface area (TPSA) is 61.4 Å². The van der Waals surface area contributed by atoms with Crippen molar-refractivity contribution in [3.05, 3.63) is 59.2 Å². The van der Waals surface area contributed by atoms with Crippen molar-refractivity contribution in [1.29, 1.82) is 0 Å². The zero-order chi connectivity index (χ0) is 15.4. The third-order valence-corrected chi connectivity index (χ3v) is 3.39. The van der Waals surface area contributed by atoms with Gasteiger partial charge in [0.25, 0.3) is 5.91 Å². The average molecular weight is 284 g/mol. The first-order chi connectivity index (χ1) is 10.0. The van der Waals surface area contributed by atoms with E-state index in [9.17, 15) is 9.90 Å². The molecule has 2 aromatic rings. The molecule has 0 bridgehead atoms. The van der Waals surface area contributed by atoms with Crippen LogP contribution in [0.25, 0.3) is 0 Å². The lowest BCUT2D eigenvalue weighted by molar-refractivity contribution is 0.0963. The molecule has 0 saturated heterocycles. The Balaban J connectivity index is 2.19. The molecule has 0 fully saturated rings. The van der Waals surface area contributed by atoms with E-state index in [0.29, 0.717) is 5.56 Å². The molecule has 0 aliphatic rings. The van der Waals surface area contributed by atoms with E-state index in [1.165, 1.54) is 0 Å². The summed E-state index contributed by atoms with van der Waals surface area (Å²) in [6.07, 6.45) is 0. The number of anilines is 1. The van der Waals surface area contributed by atoms with Gasteiger partial charge in [0, 0.05) is 23.9 Å². The second kappa shape index (κ2) is 6.31. The normalized spacial score (nSPS) is 11.8. The first kappa shape index (κ1) is 14.9. The van der Waals surface area contributed by atoms with Gasteiger partial charge in [0.05, 0.1) is 6.04 Å². The molecule has 1 unspecified atom stereocenters. The van der Waals surface area contributed by atoms with Crippen molar-refractivity contribution in [2.45, 2.75) is 19.9 Å². The molecule has 2 aromatic carbocycles. The standard InChI is InChI=1S/C17H20N2O2/c1-11-7-8-15(16(20)9-11)12(2)19-14-6-4-5-13(10-14)17(21)18-3/h4-10,12,19-20H,1-3H3,(H,18,21). The number of phenols is 1. The van der Waals surface area contributed by atoms with Gasteiger partial charge in [-0.1, -0.05) is 18.2 Å². The summed E-state index contributed by atoms with van der Waals surface area (Å²) >= 11 is 0. The second-order valence-corrected chi connectivity index (χ2v) is 5.09. The quantitative estimate of drug-likeness (QED) is 0.807. The Morgan fingerprint density at radius 3 is 2.62 bits per heavy atom. The van der Waals surface area contributed by atoms with Crippen molar-refractivity contribution in [2.24, 2.45) is 0 Å². The van der Waals surface area contributed by atoms with Crippen LogP contribution in [0.15, 0.2) is 42.5 Å². The fourth-order valence-corrected chi connectivity index (χ4v) is 2.24. The van der Waals surface area contributed by atoms with Crippen molar-refractivity contribution >= 4 is 11.6 Å². The number of carbonyl (C=O) groups is 1. The summed E-state index contributed by atoms with van der Waals surface area (Å²) in [5, 5.41) is 15.9. The van der Waals surface area contributed by atoms with Gasteiger partial charge in [-0.05, 0) is 43.7 Å². The van der Waals surface area contributed by atoms with E-state index in [1.807, 2.05) is 38.1 Å². The first-order valence-corrected chi connectivity index (χ1v) is 6.89. The molecule has 0 radical (unpaired) electrons. The third kappa shape index (κ3) is 3.54. The molecule has 0 heterocycles. The Morgan fingerprint density at radius 2 is 1.95 bits per heavy atom. The summed E-state index contributed by atoms with van der Waals surface area (Å²) in [5.74, 6) is 0.155. The van der Waals surface area contributed by atoms with E-state index in [1.54, 1.807) is 25.2 Å². The van der Waals surface area contributed by atoms with Gasteiger partial charge in [0.15, 0.2) is 0 Å². The van der Waals surface area contributed by atoms with Gasteiger partial charge in [0.2, 0.25) is 0 Å². The van der Waals surface area contributed by atoms with Crippen molar-refractivity contribution in [2.75, 3.05) is 12.4 Å². The number of nitrogens with one attached hydrogen (secondary N) is 2. The van der Waals surface area contributed by atoms with E-state index in [-0.39, 0.29) is 17.7 Å². The van der Waals surface area contributed by atoms with Gasteiger partial charge in [-0.25, -0.2) is 0 Å². The number of hydrogen-bond donors (Lipinski definition) is 3. The predicted molar refractivity (Wildman–Crippen MR) is 84.7 cm³/mol. The van der Waals surface area contributed by atoms with Crippen molar-refractivity contribution < 1.29 is 9.90 Å². The Morgan fingerprint density at radius 1 is 1.19 bits per heavy atom. The van der Waals surface area contributed by atoms with E-state index in [2.05, 4.69) is 10.6 Å². The lowest BCUT2D eigenvalue weighted by Gasteiger charge is -2.17. The minimum Gasteiger partial charge on any atom is -0.508 e. The maximum atomic E-state index is 11.6. The van der Waals surface area contributed by atoms with Crippen LogP contribution in [-0.4, -0.2) is 18.1 Å². The van der Waals surface area contributed by atoms with E-state index < -0.39 is 0 Å².